The minimum absolute atomic E-state index is 0.0326. The molecule has 0 spiro atoms. The van der Waals surface area contributed by atoms with E-state index >= 15 is 4.39 Å². The van der Waals surface area contributed by atoms with Crippen LogP contribution in [0.25, 0.3) is 22.1 Å². The molecule has 2 N–H and O–H groups in total. The van der Waals surface area contributed by atoms with Gasteiger partial charge in [0, 0.05) is 29.7 Å². The summed E-state index contributed by atoms with van der Waals surface area (Å²) in [4.78, 5) is 11.6. The van der Waals surface area contributed by atoms with Crippen molar-refractivity contribution in [2.24, 2.45) is 5.73 Å². The number of Topliss-reactive ketones (excluding diaryl/α,β-unsaturated/α-hetero) is 1. The summed E-state index contributed by atoms with van der Waals surface area (Å²) < 4.78 is 26.8. The number of rotatable bonds is 7. The van der Waals surface area contributed by atoms with Crippen molar-refractivity contribution in [2.75, 3.05) is 0 Å². The second-order valence-corrected chi connectivity index (χ2v) is 7.74. The maximum absolute atomic E-state index is 15.2. The second-order valence-electron chi connectivity index (χ2n) is 7.74. The molecule has 0 fully saturated rings. The molecule has 0 saturated heterocycles. The normalized spacial score (nSPS) is 11.1. The number of furan rings is 1. The first-order chi connectivity index (χ1) is 15.0. The summed E-state index contributed by atoms with van der Waals surface area (Å²) in [5.41, 5.74) is 11.2. The van der Waals surface area contributed by atoms with Crippen LogP contribution in [-0.2, 0) is 24.4 Å². The zero-order chi connectivity index (χ0) is 22.0. The molecule has 31 heavy (non-hydrogen) atoms. The first-order valence-electron chi connectivity index (χ1n) is 10.2. The average Bonchev–Trinajstić information content (AvgIpc) is 3.25. The summed E-state index contributed by atoms with van der Waals surface area (Å²) in [5.74, 6) is 0.263. The third kappa shape index (κ3) is 4.37. The monoisotopic (exact) mass is 417 g/mol. The van der Waals surface area contributed by atoms with Gasteiger partial charge in [-0.3, -0.25) is 4.79 Å². The highest BCUT2D eigenvalue weighted by Gasteiger charge is 2.17. The number of carbonyl (C=O) groups is 1. The first kappa shape index (κ1) is 20.8. The molecule has 3 aromatic carbocycles. The Balaban J connectivity index is 1.73. The molecule has 0 amide bonds. The molecule has 1 aromatic heterocycles. The number of carbonyl (C=O) groups excluding carboxylic acids is 1. The number of nitrogens with two attached hydrogens (primary N) is 1. The molecule has 0 aliphatic carbocycles. The number of ketones is 1. The van der Waals surface area contributed by atoms with Gasteiger partial charge in [0.05, 0.1) is 11.6 Å². The van der Waals surface area contributed by atoms with Crippen LogP contribution < -0.4 is 10.5 Å². The van der Waals surface area contributed by atoms with Crippen molar-refractivity contribution < 1.29 is 18.3 Å². The number of aryl methyl sites for hydroxylation is 1. The van der Waals surface area contributed by atoms with Gasteiger partial charge in [-0.1, -0.05) is 30.3 Å². The van der Waals surface area contributed by atoms with Gasteiger partial charge in [0.15, 0.2) is 0 Å². The van der Waals surface area contributed by atoms with Crippen LogP contribution in [0.4, 0.5) is 4.39 Å². The SMILES string of the molecule is CC(=O)Cc1ccc(C)cc1OCc1cc(-c2cccc(CN)c2)c2occc2c1F. The molecule has 4 rings (SSSR count). The molecule has 0 bridgehead atoms. The van der Waals surface area contributed by atoms with E-state index in [1.54, 1.807) is 12.1 Å². The fourth-order valence-electron chi connectivity index (χ4n) is 3.72. The van der Waals surface area contributed by atoms with Gasteiger partial charge in [0.2, 0.25) is 0 Å². The van der Waals surface area contributed by atoms with Crippen LogP contribution in [0.5, 0.6) is 5.75 Å². The third-order valence-electron chi connectivity index (χ3n) is 5.27. The average molecular weight is 417 g/mol. The summed E-state index contributed by atoms with van der Waals surface area (Å²) in [5, 5.41) is 0.405. The summed E-state index contributed by atoms with van der Waals surface area (Å²) in [7, 11) is 0. The van der Waals surface area contributed by atoms with E-state index < -0.39 is 0 Å². The third-order valence-corrected chi connectivity index (χ3v) is 5.27. The molecule has 0 unspecified atom stereocenters. The van der Waals surface area contributed by atoms with E-state index in [0.29, 0.717) is 28.8 Å². The maximum Gasteiger partial charge on any atom is 0.144 e. The van der Waals surface area contributed by atoms with Crippen molar-refractivity contribution in [1.29, 1.82) is 0 Å². The highest BCUT2D eigenvalue weighted by molar-refractivity contribution is 5.93. The summed E-state index contributed by atoms with van der Waals surface area (Å²) in [6.07, 6.45) is 1.76. The highest BCUT2D eigenvalue weighted by atomic mass is 19.1. The predicted octanol–water partition coefficient (Wildman–Crippen LogP) is 5.72. The molecule has 0 saturated carbocycles. The van der Waals surface area contributed by atoms with Crippen molar-refractivity contribution in [3.05, 3.63) is 88.9 Å². The number of hydrogen-bond acceptors (Lipinski definition) is 4. The summed E-state index contributed by atoms with van der Waals surface area (Å²) in [6, 6.07) is 16.9. The smallest absolute Gasteiger partial charge is 0.144 e. The summed E-state index contributed by atoms with van der Waals surface area (Å²) in [6.45, 7) is 3.94. The number of hydrogen-bond donors (Lipinski definition) is 1. The number of fused-ring (bicyclic) bond motifs is 1. The Bertz CT molecular complexity index is 1260. The van der Waals surface area contributed by atoms with Crippen molar-refractivity contribution in [3.8, 4) is 16.9 Å². The first-order valence-corrected chi connectivity index (χ1v) is 10.2. The van der Waals surface area contributed by atoms with Crippen LogP contribution in [0.2, 0.25) is 0 Å². The quantitative estimate of drug-likeness (QED) is 0.418. The molecule has 1 heterocycles. The Hall–Kier alpha value is -3.44. The highest BCUT2D eigenvalue weighted by Crippen LogP contribution is 2.34. The summed E-state index contributed by atoms with van der Waals surface area (Å²) >= 11 is 0. The maximum atomic E-state index is 15.2. The van der Waals surface area contributed by atoms with Crippen molar-refractivity contribution in [2.45, 2.75) is 33.4 Å². The van der Waals surface area contributed by atoms with Crippen molar-refractivity contribution in [3.63, 3.8) is 0 Å². The van der Waals surface area contributed by atoms with Gasteiger partial charge in [0.1, 0.15) is 29.5 Å². The molecule has 0 aliphatic heterocycles. The van der Waals surface area contributed by atoms with Crippen LogP contribution in [0.15, 0.2) is 65.3 Å². The van der Waals surface area contributed by atoms with Gasteiger partial charge in [-0.05, 0) is 54.8 Å². The molecule has 158 valence electrons. The Morgan fingerprint density at radius 3 is 2.71 bits per heavy atom. The van der Waals surface area contributed by atoms with Gasteiger partial charge in [0.25, 0.3) is 0 Å². The van der Waals surface area contributed by atoms with Gasteiger partial charge in [-0.2, -0.15) is 0 Å². The van der Waals surface area contributed by atoms with E-state index in [4.69, 9.17) is 14.9 Å². The molecule has 4 nitrogen and oxygen atoms in total. The lowest BCUT2D eigenvalue weighted by Gasteiger charge is -2.14. The second kappa shape index (κ2) is 8.74. The van der Waals surface area contributed by atoms with E-state index in [1.807, 2.05) is 49.4 Å². The number of benzene rings is 3. The predicted molar refractivity (Wildman–Crippen MR) is 119 cm³/mol. The van der Waals surface area contributed by atoms with E-state index in [0.717, 1.165) is 27.8 Å². The van der Waals surface area contributed by atoms with E-state index in [9.17, 15) is 4.79 Å². The molecular formula is C26H24FNO3. The van der Waals surface area contributed by atoms with Crippen molar-refractivity contribution in [1.82, 2.24) is 0 Å². The Kier molecular flexibility index (Phi) is 5.87. The lowest BCUT2D eigenvalue weighted by atomic mass is 9.98. The largest absolute Gasteiger partial charge is 0.488 e. The molecule has 0 radical (unpaired) electrons. The molecule has 0 atom stereocenters. The zero-order valence-electron chi connectivity index (χ0n) is 17.6. The lowest BCUT2D eigenvalue weighted by molar-refractivity contribution is -0.116. The fraction of sp³-hybridized carbons (Fsp3) is 0.192. The zero-order valence-corrected chi connectivity index (χ0v) is 17.6. The molecule has 0 aliphatic rings. The topological polar surface area (TPSA) is 65.5 Å². The van der Waals surface area contributed by atoms with Crippen LogP contribution >= 0.6 is 0 Å². The van der Waals surface area contributed by atoms with Gasteiger partial charge < -0.3 is 14.9 Å². The van der Waals surface area contributed by atoms with Crippen LogP contribution in [0.3, 0.4) is 0 Å². The molecule has 4 aromatic rings. The molecule has 5 heteroatoms. The lowest BCUT2D eigenvalue weighted by Crippen LogP contribution is -2.04. The van der Waals surface area contributed by atoms with Crippen LogP contribution in [0.1, 0.15) is 29.2 Å². The van der Waals surface area contributed by atoms with Gasteiger partial charge >= 0.3 is 0 Å². The van der Waals surface area contributed by atoms with E-state index in [1.165, 1.54) is 13.2 Å². The molecular weight excluding hydrogens is 393 g/mol. The Morgan fingerprint density at radius 1 is 1.10 bits per heavy atom. The number of ether oxygens (including phenoxy) is 1. The van der Waals surface area contributed by atoms with E-state index in [2.05, 4.69) is 0 Å². The minimum Gasteiger partial charge on any atom is -0.488 e. The van der Waals surface area contributed by atoms with Gasteiger partial charge in [-0.25, -0.2) is 4.39 Å². The van der Waals surface area contributed by atoms with E-state index in [-0.39, 0.29) is 24.6 Å². The van der Waals surface area contributed by atoms with Crippen LogP contribution in [0, 0.1) is 12.7 Å². The fourth-order valence-corrected chi connectivity index (χ4v) is 3.72. The minimum atomic E-state index is -0.372. The Morgan fingerprint density at radius 2 is 1.94 bits per heavy atom. The van der Waals surface area contributed by atoms with Gasteiger partial charge in [-0.15, -0.1) is 0 Å². The Labute approximate surface area is 180 Å². The van der Waals surface area contributed by atoms with Crippen molar-refractivity contribution >= 4 is 16.8 Å². The van der Waals surface area contributed by atoms with Crippen LogP contribution in [-0.4, -0.2) is 5.78 Å². The number of halogens is 1. The standard InChI is InChI=1S/C26H24FNO3/c1-16-6-7-20(11-17(2)29)24(10-16)31-15-21-13-23(19-5-3-4-18(12-19)14-28)26-22(25(21)27)8-9-30-26/h3-10,12-13H,11,14-15,28H2,1-2H3.